The number of alkyl halides is 1. The molecule has 0 aliphatic carbocycles. The second kappa shape index (κ2) is 6.15. The summed E-state index contributed by atoms with van der Waals surface area (Å²) in [6.07, 6.45) is 3.18. The van der Waals surface area contributed by atoms with Gasteiger partial charge in [-0.25, -0.2) is 4.39 Å². The predicted octanol–water partition coefficient (Wildman–Crippen LogP) is 3.98. The van der Waals surface area contributed by atoms with Gasteiger partial charge in [0.2, 0.25) is 0 Å². The first-order valence-corrected chi connectivity index (χ1v) is 7.87. The van der Waals surface area contributed by atoms with Gasteiger partial charge in [-0.1, -0.05) is 15.9 Å². The van der Waals surface area contributed by atoms with Crippen molar-refractivity contribution in [3.63, 3.8) is 0 Å². The molecule has 0 saturated carbocycles. The van der Waals surface area contributed by atoms with Crippen LogP contribution in [0.15, 0.2) is 22.7 Å². The fraction of sp³-hybridized carbons (Fsp3) is 0.462. The largest absolute Gasteiger partial charge is 0.335 e. The number of hydrogen-bond acceptors (Lipinski definition) is 1. The molecule has 1 unspecified atom stereocenters. The lowest BCUT2D eigenvalue weighted by molar-refractivity contribution is 0.0641. The standard InChI is InChI=1S/C13H14Br2FNO/c14-8-10-3-1-2-6-17(10)13(18)9-4-5-11(15)12(16)7-9/h4-5,7,10H,1-3,6,8H2. The van der Waals surface area contributed by atoms with Crippen molar-refractivity contribution in [1.82, 2.24) is 4.90 Å². The molecule has 1 amide bonds. The highest BCUT2D eigenvalue weighted by atomic mass is 79.9. The summed E-state index contributed by atoms with van der Waals surface area (Å²) in [5, 5.41) is 0.776. The van der Waals surface area contributed by atoms with Crippen LogP contribution in [0.1, 0.15) is 29.6 Å². The fourth-order valence-electron chi connectivity index (χ4n) is 2.22. The van der Waals surface area contributed by atoms with Crippen molar-refractivity contribution in [2.24, 2.45) is 0 Å². The summed E-state index contributed by atoms with van der Waals surface area (Å²) >= 11 is 6.54. The topological polar surface area (TPSA) is 20.3 Å². The number of carbonyl (C=O) groups excluding carboxylic acids is 1. The van der Waals surface area contributed by atoms with Crippen molar-refractivity contribution in [2.45, 2.75) is 25.3 Å². The number of hydrogen-bond donors (Lipinski definition) is 0. The van der Waals surface area contributed by atoms with E-state index in [0.717, 1.165) is 31.1 Å². The lowest BCUT2D eigenvalue weighted by Crippen LogP contribution is -2.44. The molecule has 1 aliphatic rings. The van der Waals surface area contributed by atoms with Gasteiger partial charge in [0.25, 0.3) is 5.91 Å². The van der Waals surface area contributed by atoms with E-state index in [1.807, 2.05) is 4.90 Å². The maximum absolute atomic E-state index is 13.5. The van der Waals surface area contributed by atoms with Crippen LogP contribution in [-0.2, 0) is 0 Å². The van der Waals surface area contributed by atoms with Crippen molar-refractivity contribution in [1.29, 1.82) is 0 Å². The minimum absolute atomic E-state index is 0.0782. The van der Waals surface area contributed by atoms with Crippen LogP contribution in [0.25, 0.3) is 0 Å². The van der Waals surface area contributed by atoms with Crippen LogP contribution in [0.2, 0.25) is 0 Å². The molecule has 5 heteroatoms. The van der Waals surface area contributed by atoms with Crippen LogP contribution in [0, 0.1) is 5.82 Å². The van der Waals surface area contributed by atoms with E-state index < -0.39 is 5.82 Å². The molecule has 0 bridgehead atoms. The monoisotopic (exact) mass is 377 g/mol. The third kappa shape index (κ3) is 2.94. The van der Waals surface area contributed by atoms with Gasteiger partial charge in [-0.15, -0.1) is 0 Å². The van der Waals surface area contributed by atoms with Gasteiger partial charge in [0, 0.05) is 23.5 Å². The van der Waals surface area contributed by atoms with Crippen LogP contribution < -0.4 is 0 Å². The summed E-state index contributed by atoms with van der Waals surface area (Å²) in [7, 11) is 0. The van der Waals surface area contributed by atoms with Gasteiger partial charge in [-0.05, 0) is 53.4 Å². The Kier molecular flexibility index (Phi) is 4.78. The van der Waals surface area contributed by atoms with Crippen LogP contribution in [0.5, 0.6) is 0 Å². The van der Waals surface area contributed by atoms with E-state index in [1.54, 1.807) is 12.1 Å². The average molecular weight is 379 g/mol. The number of halogens is 3. The zero-order valence-corrected chi connectivity index (χ0v) is 13.0. The van der Waals surface area contributed by atoms with Crippen LogP contribution in [-0.4, -0.2) is 28.7 Å². The Bertz CT molecular complexity index is 453. The van der Waals surface area contributed by atoms with Crippen molar-refractivity contribution in [3.05, 3.63) is 34.1 Å². The Labute approximate surface area is 123 Å². The van der Waals surface area contributed by atoms with Gasteiger partial charge in [-0.2, -0.15) is 0 Å². The maximum Gasteiger partial charge on any atom is 0.254 e. The van der Waals surface area contributed by atoms with Crippen LogP contribution in [0.4, 0.5) is 4.39 Å². The molecule has 2 rings (SSSR count). The lowest BCUT2D eigenvalue weighted by atomic mass is 10.0. The summed E-state index contributed by atoms with van der Waals surface area (Å²) in [5.41, 5.74) is 0.420. The third-order valence-electron chi connectivity index (χ3n) is 3.23. The third-order valence-corrected chi connectivity index (χ3v) is 4.62. The predicted molar refractivity (Wildman–Crippen MR) is 76.6 cm³/mol. The Morgan fingerprint density at radius 3 is 2.89 bits per heavy atom. The van der Waals surface area contributed by atoms with E-state index in [0.29, 0.717) is 10.0 Å². The molecule has 98 valence electrons. The van der Waals surface area contributed by atoms with E-state index in [2.05, 4.69) is 31.9 Å². The molecule has 1 atom stereocenters. The zero-order chi connectivity index (χ0) is 13.1. The Balaban J connectivity index is 2.21. The number of nitrogens with zero attached hydrogens (tertiary/aromatic N) is 1. The highest BCUT2D eigenvalue weighted by Crippen LogP contribution is 2.23. The highest BCUT2D eigenvalue weighted by molar-refractivity contribution is 9.10. The zero-order valence-electron chi connectivity index (χ0n) is 9.83. The van der Waals surface area contributed by atoms with E-state index in [-0.39, 0.29) is 11.9 Å². The molecule has 1 saturated heterocycles. The maximum atomic E-state index is 13.5. The molecule has 0 aromatic heterocycles. The van der Waals surface area contributed by atoms with Crippen molar-refractivity contribution >= 4 is 37.8 Å². The molecule has 1 aromatic carbocycles. The normalized spacial score (nSPS) is 19.9. The first-order valence-electron chi connectivity index (χ1n) is 5.95. The SMILES string of the molecule is O=C(c1ccc(Br)c(F)c1)N1CCCCC1CBr. The smallest absolute Gasteiger partial charge is 0.254 e. The van der Waals surface area contributed by atoms with Crippen molar-refractivity contribution in [3.8, 4) is 0 Å². The lowest BCUT2D eigenvalue weighted by Gasteiger charge is -2.34. The minimum atomic E-state index is -0.395. The van der Waals surface area contributed by atoms with Crippen LogP contribution in [0.3, 0.4) is 0 Å². The van der Waals surface area contributed by atoms with Crippen LogP contribution >= 0.6 is 31.9 Å². The number of rotatable bonds is 2. The summed E-state index contributed by atoms with van der Waals surface area (Å²) in [6, 6.07) is 4.76. The minimum Gasteiger partial charge on any atom is -0.335 e. The second-order valence-corrected chi connectivity index (χ2v) is 5.93. The molecule has 2 nitrogen and oxygen atoms in total. The number of likely N-dealkylation sites (tertiary alicyclic amines) is 1. The molecule has 0 radical (unpaired) electrons. The Hall–Kier alpha value is -0.420. The summed E-state index contributed by atoms with van der Waals surface area (Å²) in [4.78, 5) is 14.2. The Morgan fingerprint density at radius 1 is 1.44 bits per heavy atom. The van der Waals surface area contributed by atoms with E-state index in [4.69, 9.17) is 0 Å². The quantitative estimate of drug-likeness (QED) is 0.713. The number of piperidine rings is 1. The van der Waals surface area contributed by atoms with E-state index >= 15 is 0 Å². The number of carbonyl (C=O) groups is 1. The molecule has 1 aliphatic heterocycles. The van der Waals surface area contributed by atoms with Gasteiger partial charge < -0.3 is 4.90 Å². The second-order valence-electron chi connectivity index (χ2n) is 4.43. The highest BCUT2D eigenvalue weighted by Gasteiger charge is 2.26. The van der Waals surface area contributed by atoms with E-state index in [9.17, 15) is 9.18 Å². The molecular formula is C13H14Br2FNO. The van der Waals surface area contributed by atoms with Gasteiger partial charge >= 0.3 is 0 Å². The molecule has 0 spiro atoms. The van der Waals surface area contributed by atoms with Gasteiger partial charge in [0.15, 0.2) is 0 Å². The number of benzene rings is 1. The molecule has 18 heavy (non-hydrogen) atoms. The van der Waals surface area contributed by atoms with E-state index in [1.165, 1.54) is 6.07 Å². The van der Waals surface area contributed by atoms with Crippen molar-refractivity contribution < 1.29 is 9.18 Å². The molecule has 1 heterocycles. The molecule has 0 N–H and O–H groups in total. The summed E-state index contributed by atoms with van der Waals surface area (Å²) < 4.78 is 13.8. The molecule has 1 fully saturated rings. The van der Waals surface area contributed by atoms with Gasteiger partial charge in [0.1, 0.15) is 5.82 Å². The number of amides is 1. The molecular weight excluding hydrogens is 365 g/mol. The molecule has 1 aromatic rings. The fourth-order valence-corrected chi connectivity index (χ4v) is 3.14. The summed E-state index contributed by atoms with van der Waals surface area (Å²) in [5.74, 6) is -0.473. The van der Waals surface area contributed by atoms with Gasteiger partial charge in [0.05, 0.1) is 4.47 Å². The van der Waals surface area contributed by atoms with Crippen molar-refractivity contribution in [2.75, 3.05) is 11.9 Å². The summed E-state index contributed by atoms with van der Waals surface area (Å²) in [6.45, 7) is 0.757. The first kappa shape index (κ1) is 14.0. The first-order chi connectivity index (χ1) is 8.63. The van der Waals surface area contributed by atoms with Gasteiger partial charge in [-0.3, -0.25) is 4.79 Å². The average Bonchev–Trinajstić information content (AvgIpc) is 2.41. The Morgan fingerprint density at radius 2 is 2.22 bits per heavy atom.